The molecular weight excluding hydrogens is 835 g/mol. The summed E-state index contributed by atoms with van der Waals surface area (Å²) in [5, 5.41) is 15.7. The minimum atomic E-state index is -1.12. The van der Waals surface area contributed by atoms with Gasteiger partial charge >= 0.3 is 5.97 Å². The largest absolute Gasteiger partial charge is 0.464 e. The highest BCUT2D eigenvalue weighted by atomic mass is 32.1. The first-order valence-electron chi connectivity index (χ1n) is 22.2. The number of nitrogens with one attached hydrogen (secondary N) is 2. The van der Waals surface area contributed by atoms with Gasteiger partial charge in [0.25, 0.3) is 5.91 Å². The number of amides is 4. The zero-order valence-corrected chi connectivity index (χ0v) is 39.0. The summed E-state index contributed by atoms with van der Waals surface area (Å²) in [6, 6.07) is 7.43. The number of hydrogen-bond donors (Lipinski definition) is 2. The van der Waals surface area contributed by atoms with Crippen LogP contribution in [0.2, 0.25) is 0 Å². The fraction of sp³-hybridized carbons (Fsp3) is 0.532. The molecule has 7 rings (SSSR count). The first-order valence-corrected chi connectivity index (χ1v) is 23.1. The van der Waals surface area contributed by atoms with Crippen LogP contribution in [0.4, 0.5) is 0 Å². The van der Waals surface area contributed by atoms with Crippen LogP contribution in [0.1, 0.15) is 83.2 Å². The van der Waals surface area contributed by atoms with Crippen LogP contribution in [-0.2, 0) is 52.8 Å². The Morgan fingerprint density at radius 3 is 2.64 bits per heavy atom. The maximum atomic E-state index is 14.6. The number of cyclic esters (lactones) is 1. The molecule has 6 bridgehead atoms. The van der Waals surface area contributed by atoms with Crippen LogP contribution in [0.5, 0.6) is 0 Å². The lowest BCUT2D eigenvalue weighted by Crippen LogP contribution is -2.62. The van der Waals surface area contributed by atoms with Gasteiger partial charge in [0.15, 0.2) is 0 Å². The number of hydrazine groups is 1. The second-order valence-corrected chi connectivity index (χ2v) is 19.3. The van der Waals surface area contributed by atoms with E-state index in [9.17, 15) is 24.0 Å². The van der Waals surface area contributed by atoms with Crippen molar-refractivity contribution in [1.82, 2.24) is 45.3 Å². The Morgan fingerprint density at radius 1 is 1.14 bits per heavy atom. The van der Waals surface area contributed by atoms with Crippen molar-refractivity contribution >= 4 is 51.8 Å². The third kappa shape index (κ3) is 9.47. The fourth-order valence-corrected chi connectivity index (χ4v) is 10.2. The van der Waals surface area contributed by atoms with Crippen LogP contribution in [0.15, 0.2) is 49.2 Å². The summed E-state index contributed by atoms with van der Waals surface area (Å²) in [7, 11) is 3.27. The Balaban J connectivity index is 1.27. The maximum Gasteiger partial charge on any atom is 0.324 e. The first-order chi connectivity index (χ1) is 30.5. The maximum absolute atomic E-state index is 14.6. The predicted octanol–water partition coefficient (Wildman–Crippen LogP) is 5.12. The third-order valence-electron chi connectivity index (χ3n) is 12.7. The van der Waals surface area contributed by atoms with E-state index in [1.165, 1.54) is 27.3 Å². The molecule has 6 heterocycles. The summed E-state index contributed by atoms with van der Waals surface area (Å²) in [5.74, 6) is -2.73. The van der Waals surface area contributed by atoms with E-state index in [0.717, 1.165) is 39.0 Å². The van der Waals surface area contributed by atoms with Crippen molar-refractivity contribution in [3.05, 3.63) is 65.4 Å². The number of aryl methyl sites for hydroxylation is 1. The van der Waals surface area contributed by atoms with E-state index in [4.69, 9.17) is 14.5 Å². The quantitative estimate of drug-likeness (QED) is 0.160. The normalized spacial score (nSPS) is 21.3. The fourth-order valence-electron chi connectivity index (χ4n) is 9.35. The van der Waals surface area contributed by atoms with Crippen molar-refractivity contribution in [2.45, 2.75) is 104 Å². The van der Waals surface area contributed by atoms with Gasteiger partial charge in [0.2, 0.25) is 17.7 Å². The smallest absolute Gasteiger partial charge is 0.324 e. The molecule has 4 amide bonds. The number of fused-ring (bicyclic) bond motifs is 6. The van der Waals surface area contributed by atoms with Crippen molar-refractivity contribution in [2.24, 2.45) is 17.3 Å². The van der Waals surface area contributed by atoms with Gasteiger partial charge < -0.3 is 29.2 Å². The molecule has 0 radical (unpaired) electrons. The van der Waals surface area contributed by atoms with Crippen molar-refractivity contribution < 1.29 is 33.4 Å². The molecule has 2 fully saturated rings. The Bertz CT molecular complexity index is 2430. The lowest BCUT2D eigenvalue weighted by molar-refractivity contribution is -0.155. The number of methoxy groups -OCH3 is 1. The highest BCUT2D eigenvalue weighted by Crippen LogP contribution is 2.42. The molecule has 1 aromatic carbocycles. The number of pyridine rings is 1. The number of ether oxygens (including phenoxy) is 2. The second kappa shape index (κ2) is 19.3. The van der Waals surface area contributed by atoms with Gasteiger partial charge in [0.05, 0.1) is 30.0 Å². The summed E-state index contributed by atoms with van der Waals surface area (Å²) >= 11 is 1.34. The molecule has 2 saturated heterocycles. The van der Waals surface area contributed by atoms with Gasteiger partial charge in [-0.3, -0.25) is 34.0 Å². The first kappa shape index (κ1) is 46.5. The van der Waals surface area contributed by atoms with Gasteiger partial charge in [-0.2, -0.15) is 0 Å². The molecule has 342 valence electrons. The number of carbonyl (C=O) groups is 5. The minimum absolute atomic E-state index is 0.0127. The van der Waals surface area contributed by atoms with E-state index in [0.29, 0.717) is 55.3 Å². The molecule has 4 aromatic rings. The number of likely N-dealkylation sites (N-methyl/N-ethyl adjacent to an activating group) is 1. The molecule has 3 aromatic heterocycles. The van der Waals surface area contributed by atoms with E-state index in [2.05, 4.69) is 71.1 Å². The van der Waals surface area contributed by atoms with E-state index >= 15 is 0 Å². The van der Waals surface area contributed by atoms with Gasteiger partial charge in [-0.15, -0.1) is 10.2 Å². The van der Waals surface area contributed by atoms with Crippen LogP contribution in [0.25, 0.3) is 32.7 Å². The number of esters is 1. The van der Waals surface area contributed by atoms with E-state index in [1.807, 2.05) is 32.9 Å². The molecular formula is C47H61N9O7S. The van der Waals surface area contributed by atoms with Crippen molar-refractivity contribution in [3.8, 4) is 21.8 Å². The minimum Gasteiger partial charge on any atom is -0.464 e. The zero-order valence-electron chi connectivity index (χ0n) is 38.2. The van der Waals surface area contributed by atoms with Crippen LogP contribution in [-0.4, -0.2) is 123 Å². The van der Waals surface area contributed by atoms with Gasteiger partial charge in [-0.05, 0) is 87.4 Å². The van der Waals surface area contributed by atoms with Crippen molar-refractivity contribution in [3.63, 3.8) is 0 Å². The SMILES string of the molecule is C=CC(=O)N1CC[C@H](C(=O)N(C)[C@H](C(=O)N[C@H]2Cc3nnc(s3)-c3ccc4c(c3)c(c(-c3cccnc3[C@H](C)OC)n4CC)CC(C)(C)COC(=O)[C@@H]3CCCN(N3)C2=O)C(C)C)C1. The van der Waals surface area contributed by atoms with Gasteiger partial charge in [-0.25, -0.2) is 5.43 Å². The Hall–Kier alpha value is -5.52. The van der Waals surface area contributed by atoms with E-state index in [-0.39, 0.29) is 43.4 Å². The number of rotatable bonds is 10. The number of nitrogens with zero attached hydrogens (tertiary/aromatic N) is 7. The van der Waals surface area contributed by atoms with Crippen molar-refractivity contribution in [2.75, 3.05) is 40.4 Å². The number of carbonyl (C=O) groups excluding carboxylic acids is 5. The van der Waals surface area contributed by atoms with E-state index < -0.39 is 47.2 Å². The Morgan fingerprint density at radius 2 is 1.92 bits per heavy atom. The average Bonchev–Trinajstić information content (AvgIpc) is 4.05. The molecule has 3 aliphatic rings. The van der Waals surface area contributed by atoms with Gasteiger partial charge in [-0.1, -0.05) is 45.6 Å². The van der Waals surface area contributed by atoms with Crippen LogP contribution >= 0.6 is 11.3 Å². The predicted molar refractivity (Wildman–Crippen MR) is 243 cm³/mol. The summed E-state index contributed by atoms with van der Waals surface area (Å²) in [5.41, 5.74) is 8.35. The summed E-state index contributed by atoms with van der Waals surface area (Å²) in [4.78, 5) is 76.7. The Labute approximate surface area is 378 Å². The summed E-state index contributed by atoms with van der Waals surface area (Å²) in [6.07, 6.45) is 4.78. The van der Waals surface area contributed by atoms with Crippen LogP contribution in [0, 0.1) is 17.3 Å². The van der Waals surface area contributed by atoms with Crippen LogP contribution in [0.3, 0.4) is 0 Å². The number of likely N-dealkylation sites (tertiary alicyclic amines) is 1. The Kier molecular flexibility index (Phi) is 14.0. The third-order valence-corrected chi connectivity index (χ3v) is 13.7. The second-order valence-electron chi connectivity index (χ2n) is 18.3. The average molecular weight is 896 g/mol. The molecule has 0 aliphatic carbocycles. The van der Waals surface area contributed by atoms with Gasteiger partial charge in [0.1, 0.15) is 28.1 Å². The summed E-state index contributed by atoms with van der Waals surface area (Å²) in [6.45, 7) is 17.3. The van der Waals surface area contributed by atoms with Gasteiger partial charge in [0, 0.05) is 80.4 Å². The lowest BCUT2D eigenvalue weighted by Gasteiger charge is -2.36. The molecule has 17 heteroatoms. The zero-order chi connectivity index (χ0) is 46.0. The topological polar surface area (TPSA) is 181 Å². The summed E-state index contributed by atoms with van der Waals surface area (Å²) < 4.78 is 14.2. The van der Waals surface area contributed by atoms with Crippen molar-refractivity contribution in [1.29, 1.82) is 0 Å². The number of hydrogen-bond acceptors (Lipinski definition) is 12. The molecule has 64 heavy (non-hydrogen) atoms. The number of benzene rings is 1. The molecule has 0 saturated carbocycles. The molecule has 5 atom stereocenters. The molecule has 3 aliphatic heterocycles. The molecule has 0 unspecified atom stereocenters. The highest BCUT2D eigenvalue weighted by molar-refractivity contribution is 7.14. The highest BCUT2D eigenvalue weighted by Gasteiger charge is 2.40. The van der Waals surface area contributed by atoms with E-state index in [1.54, 1.807) is 25.3 Å². The van der Waals surface area contributed by atoms with Crippen LogP contribution < -0.4 is 10.7 Å². The molecule has 0 spiro atoms. The molecule has 2 N–H and O–H groups in total. The monoisotopic (exact) mass is 895 g/mol. The molecule has 16 nitrogen and oxygen atoms in total. The number of aromatic nitrogens is 4. The lowest BCUT2D eigenvalue weighted by atomic mass is 9.84. The standard InChI is InChI=1S/C47H61N9O7S/c1-10-38(57)54-21-18-30(25-54)44(59)53(8)40(27(3)4)42(58)49-35-23-37-50-51-43(64-37)29-16-17-36-32(22-29)33(41(55(36)11-2)31-14-12-19-48-39(31)28(5)62-9)24-47(6,7)26-63-46(61)34-15-13-20-56(52-34)45(35)60/h10,12,14,16-17,19,22,27-28,30,34-35,40,52H,1,11,13,15,18,20-21,23-26H2,2-9H3,(H,49,58)/t28-,30-,34-,35-,40-/m0/s1.